The van der Waals surface area contributed by atoms with Crippen LogP contribution in [-0.4, -0.2) is 66.7 Å². The molecule has 3 rings (SSSR count). The zero-order valence-electron chi connectivity index (χ0n) is 18.7. The van der Waals surface area contributed by atoms with Gasteiger partial charge in [0.2, 0.25) is 0 Å². The third-order valence-corrected chi connectivity index (χ3v) is 6.68. The molecule has 0 aliphatic carbocycles. The molecule has 186 valence electrons. The molecule has 1 heterocycles. The lowest BCUT2D eigenvalue weighted by Crippen LogP contribution is -2.54. The van der Waals surface area contributed by atoms with Gasteiger partial charge in [0.1, 0.15) is 5.75 Å². The number of amides is 1. The number of carbonyl (C=O) groups excluding carboxylic acids is 1. The highest BCUT2D eigenvalue weighted by Crippen LogP contribution is 2.25. The lowest BCUT2D eigenvalue weighted by Gasteiger charge is -2.40. The van der Waals surface area contributed by atoms with Crippen LogP contribution in [0.5, 0.6) is 5.75 Å². The van der Waals surface area contributed by atoms with Crippen molar-refractivity contribution in [3.63, 3.8) is 0 Å². The minimum atomic E-state index is -4.07. The molecule has 0 saturated carbocycles. The molecule has 1 aliphatic rings. The van der Waals surface area contributed by atoms with Gasteiger partial charge in [-0.2, -0.15) is 8.42 Å². The average Bonchev–Trinajstić information content (AvgIpc) is 2.75. The monoisotopic (exact) mass is 516 g/mol. The van der Waals surface area contributed by atoms with Crippen LogP contribution in [0, 0.1) is 11.6 Å². The Bertz CT molecular complexity index is 1130. The maximum atomic E-state index is 13.5. The van der Waals surface area contributed by atoms with E-state index in [2.05, 4.69) is 4.90 Å². The summed E-state index contributed by atoms with van der Waals surface area (Å²) >= 11 is 6.03. The summed E-state index contributed by atoms with van der Waals surface area (Å²) in [5.41, 5.74) is 1.31. The Balaban J connectivity index is 1.54. The molecule has 1 atom stereocenters. The summed E-state index contributed by atoms with van der Waals surface area (Å²) in [6, 6.07) is 8.63. The van der Waals surface area contributed by atoms with Crippen LogP contribution in [0.25, 0.3) is 0 Å². The molecule has 34 heavy (non-hydrogen) atoms. The van der Waals surface area contributed by atoms with Crippen LogP contribution in [0.4, 0.5) is 8.78 Å². The van der Waals surface area contributed by atoms with Crippen LogP contribution in [-0.2, 0) is 27.9 Å². The number of hydrogen-bond donors (Lipinski definition) is 1. The van der Waals surface area contributed by atoms with E-state index in [-0.39, 0.29) is 30.7 Å². The summed E-state index contributed by atoms with van der Waals surface area (Å²) in [6.45, 7) is 3.80. The van der Waals surface area contributed by atoms with Crippen molar-refractivity contribution in [2.45, 2.75) is 32.4 Å². The number of benzene rings is 2. The summed E-state index contributed by atoms with van der Waals surface area (Å²) in [6.07, 6.45) is 0.489. The highest BCUT2D eigenvalue weighted by molar-refractivity contribution is 7.85. The standard InChI is InChI=1S/C23H27ClF2N2O5S/c1-16-13-27(14-17-4-6-20(25)21(26)11-17)8-9-28(16)23(29)15-33-22-7-5-19(24)12-18(22)3-2-10-34(30,31)32/h4-7,11-12,16H,2-3,8-10,13-15H2,1H3,(H,30,31,32). The Morgan fingerprint density at radius 3 is 2.62 bits per heavy atom. The normalized spacial score (nSPS) is 17.1. The predicted molar refractivity (Wildman–Crippen MR) is 124 cm³/mol. The highest BCUT2D eigenvalue weighted by Gasteiger charge is 2.28. The molecule has 1 fully saturated rings. The van der Waals surface area contributed by atoms with Gasteiger partial charge >= 0.3 is 0 Å². The number of piperazine rings is 1. The van der Waals surface area contributed by atoms with Crippen molar-refractivity contribution < 1.29 is 31.3 Å². The summed E-state index contributed by atoms with van der Waals surface area (Å²) < 4.78 is 63.2. The van der Waals surface area contributed by atoms with Crippen molar-refractivity contribution in [1.29, 1.82) is 0 Å². The van der Waals surface area contributed by atoms with Gasteiger partial charge in [0.15, 0.2) is 18.2 Å². The number of nitrogens with zero attached hydrogens (tertiary/aromatic N) is 2. The average molecular weight is 517 g/mol. The van der Waals surface area contributed by atoms with Crippen LogP contribution in [0.3, 0.4) is 0 Å². The first-order valence-corrected chi connectivity index (χ1v) is 12.8. The number of aryl methyl sites for hydroxylation is 1. The molecule has 11 heteroatoms. The SMILES string of the molecule is CC1CN(Cc2ccc(F)c(F)c2)CCN1C(=O)COc1ccc(Cl)cc1CCCS(=O)(=O)O. The molecular weight excluding hydrogens is 490 g/mol. The minimum Gasteiger partial charge on any atom is -0.483 e. The van der Waals surface area contributed by atoms with Gasteiger partial charge in [0.25, 0.3) is 16.0 Å². The molecule has 0 aromatic heterocycles. The van der Waals surface area contributed by atoms with Crippen molar-refractivity contribution >= 4 is 27.6 Å². The van der Waals surface area contributed by atoms with Crippen molar-refractivity contribution in [3.8, 4) is 5.75 Å². The quantitative estimate of drug-likeness (QED) is 0.513. The zero-order chi connectivity index (χ0) is 24.9. The van der Waals surface area contributed by atoms with E-state index in [4.69, 9.17) is 20.9 Å². The number of halogens is 3. The topological polar surface area (TPSA) is 87.2 Å². The molecular formula is C23H27ClF2N2O5S. The lowest BCUT2D eigenvalue weighted by atomic mass is 10.1. The molecule has 1 amide bonds. The van der Waals surface area contributed by atoms with Crippen molar-refractivity contribution in [2.24, 2.45) is 0 Å². The maximum Gasteiger partial charge on any atom is 0.264 e. The van der Waals surface area contributed by atoms with Gasteiger partial charge in [-0.25, -0.2) is 8.78 Å². The van der Waals surface area contributed by atoms with Crippen LogP contribution in [0.15, 0.2) is 36.4 Å². The summed E-state index contributed by atoms with van der Waals surface area (Å²) in [4.78, 5) is 16.6. The molecule has 2 aromatic rings. The zero-order valence-corrected chi connectivity index (χ0v) is 20.3. The number of ether oxygens (including phenoxy) is 1. The van der Waals surface area contributed by atoms with Crippen molar-refractivity contribution in [1.82, 2.24) is 9.80 Å². The van der Waals surface area contributed by atoms with Gasteiger partial charge in [0.05, 0.1) is 5.75 Å². The van der Waals surface area contributed by atoms with Crippen LogP contribution >= 0.6 is 11.6 Å². The van der Waals surface area contributed by atoms with E-state index in [0.717, 1.165) is 6.07 Å². The predicted octanol–water partition coefficient (Wildman–Crippen LogP) is 3.55. The highest BCUT2D eigenvalue weighted by atomic mass is 35.5. The molecule has 2 aromatic carbocycles. The van der Waals surface area contributed by atoms with Gasteiger partial charge in [-0.1, -0.05) is 17.7 Å². The summed E-state index contributed by atoms with van der Waals surface area (Å²) in [5.74, 6) is -1.91. The first-order chi connectivity index (χ1) is 16.0. The van der Waals surface area contributed by atoms with Crippen LogP contribution < -0.4 is 4.74 Å². The number of hydrogen-bond acceptors (Lipinski definition) is 5. The van der Waals surface area contributed by atoms with Crippen LogP contribution in [0.2, 0.25) is 5.02 Å². The molecule has 7 nitrogen and oxygen atoms in total. The fourth-order valence-corrected chi connectivity index (χ4v) is 4.70. The van der Waals surface area contributed by atoms with E-state index in [9.17, 15) is 22.0 Å². The molecule has 0 radical (unpaired) electrons. The van der Waals surface area contributed by atoms with E-state index in [0.29, 0.717) is 54.5 Å². The maximum absolute atomic E-state index is 13.5. The number of rotatable bonds is 9. The molecule has 1 unspecified atom stereocenters. The first kappa shape index (κ1) is 26.3. The van der Waals surface area contributed by atoms with Gasteiger partial charge < -0.3 is 9.64 Å². The van der Waals surface area contributed by atoms with Crippen LogP contribution in [0.1, 0.15) is 24.5 Å². The Morgan fingerprint density at radius 1 is 1.18 bits per heavy atom. The van der Waals surface area contributed by atoms with Gasteiger partial charge in [-0.05, 0) is 61.2 Å². The van der Waals surface area contributed by atoms with E-state index >= 15 is 0 Å². The van der Waals surface area contributed by atoms with E-state index in [1.165, 1.54) is 6.07 Å². The lowest BCUT2D eigenvalue weighted by molar-refractivity contribution is -0.138. The van der Waals surface area contributed by atoms with Gasteiger partial charge in [-0.15, -0.1) is 0 Å². The molecule has 1 N–H and O–H groups in total. The van der Waals surface area contributed by atoms with E-state index < -0.39 is 21.8 Å². The fraction of sp³-hybridized carbons (Fsp3) is 0.435. The molecule has 1 saturated heterocycles. The van der Waals surface area contributed by atoms with Crippen molar-refractivity contribution in [2.75, 3.05) is 32.0 Å². The Kier molecular flexibility index (Phi) is 8.86. The Hall–Kier alpha value is -2.27. The second-order valence-corrected chi connectivity index (χ2v) is 10.4. The van der Waals surface area contributed by atoms with E-state index in [1.54, 1.807) is 29.2 Å². The Labute approximate surface area is 203 Å². The van der Waals surface area contributed by atoms with E-state index in [1.807, 2.05) is 6.92 Å². The van der Waals surface area contributed by atoms with Crippen molar-refractivity contribution in [3.05, 3.63) is 64.2 Å². The largest absolute Gasteiger partial charge is 0.483 e. The molecule has 0 bridgehead atoms. The third-order valence-electron chi connectivity index (χ3n) is 5.64. The van der Waals surface area contributed by atoms with Gasteiger partial charge in [-0.3, -0.25) is 14.2 Å². The Morgan fingerprint density at radius 2 is 1.94 bits per heavy atom. The minimum absolute atomic E-state index is 0.102. The smallest absolute Gasteiger partial charge is 0.264 e. The third kappa shape index (κ3) is 7.63. The first-order valence-electron chi connectivity index (χ1n) is 10.8. The number of carbonyl (C=O) groups is 1. The molecule has 0 spiro atoms. The summed E-state index contributed by atoms with van der Waals surface area (Å²) in [5, 5.41) is 0.450. The second kappa shape index (κ2) is 11.4. The second-order valence-electron chi connectivity index (χ2n) is 8.35. The fourth-order valence-electron chi connectivity index (χ4n) is 3.99. The summed E-state index contributed by atoms with van der Waals surface area (Å²) in [7, 11) is -4.07. The van der Waals surface area contributed by atoms with Gasteiger partial charge in [0, 0.05) is 37.2 Å². The molecule has 1 aliphatic heterocycles.